The number of nitrogens with one attached hydrogen (secondary N) is 2. The van der Waals surface area contributed by atoms with E-state index in [1.807, 2.05) is 4.90 Å². The number of likely N-dealkylation sites (tertiary alicyclic amines) is 1. The van der Waals surface area contributed by atoms with Crippen molar-refractivity contribution < 1.29 is 4.79 Å². The SMILES string of the molecule is O=C(C1NNC2CCCCC21)N1CCC(Cn2cnc(C3CC3)cc2=O)CC1. The van der Waals surface area contributed by atoms with Crippen LogP contribution in [0.1, 0.15) is 63.0 Å². The Morgan fingerprint density at radius 3 is 2.61 bits per heavy atom. The van der Waals surface area contributed by atoms with Gasteiger partial charge in [-0.3, -0.25) is 19.6 Å². The van der Waals surface area contributed by atoms with Gasteiger partial charge in [-0.05, 0) is 44.4 Å². The lowest BCUT2D eigenvalue weighted by Crippen LogP contribution is -2.50. The van der Waals surface area contributed by atoms with Crippen LogP contribution in [0.25, 0.3) is 0 Å². The highest BCUT2D eigenvalue weighted by atomic mass is 16.2. The van der Waals surface area contributed by atoms with Crippen LogP contribution in [-0.2, 0) is 11.3 Å². The molecule has 28 heavy (non-hydrogen) atoms. The number of rotatable bonds is 4. The van der Waals surface area contributed by atoms with Crippen molar-refractivity contribution in [1.29, 1.82) is 0 Å². The van der Waals surface area contributed by atoms with Gasteiger partial charge in [-0.2, -0.15) is 0 Å². The Balaban J connectivity index is 1.15. The third-order valence-electron chi connectivity index (χ3n) is 7.22. The monoisotopic (exact) mass is 385 g/mol. The summed E-state index contributed by atoms with van der Waals surface area (Å²) >= 11 is 0. The molecule has 0 aromatic carbocycles. The van der Waals surface area contributed by atoms with Crippen LogP contribution in [0.4, 0.5) is 0 Å². The zero-order valence-electron chi connectivity index (χ0n) is 16.5. The molecule has 2 aliphatic heterocycles. The van der Waals surface area contributed by atoms with E-state index in [9.17, 15) is 9.59 Å². The minimum atomic E-state index is -0.0661. The van der Waals surface area contributed by atoms with Crippen molar-refractivity contribution >= 4 is 5.91 Å². The Morgan fingerprint density at radius 2 is 1.86 bits per heavy atom. The van der Waals surface area contributed by atoms with E-state index in [0.717, 1.165) is 50.9 Å². The first-order chi connectivity index (χ1) is 13.7. The topological polar surface area (TPSA) is 79.3 Å². The van der Waals surface area contributed by atoms with Crippen molar-refractivity contribution in [1.82, 2.24) is 25.3 Å². The van der Waals surface area contributed by atoms with Gasteiger partial charge in [0.2, 0.25) is 5.91 Å². The Hall–Kier alpha value is -1.73. The van der Waals surface area contributed by atoms with E-state index in [2.05, 4.69) is 15.8 Å². The second kappa shape index (κ2) is 7.59. The minimum absolute atomic E-state index is 0.0661. The summed E-state index contributed by atoms with van der Waals surface area (Å²) in [5.41, 5.74) is 7.66. The van der Waals surface area contributed by atoms with Gasteiger partial charge < -0.3 is 4.90 Å². The smallest absolute Gasteiger partial charge is 0.253 e. The predicted octanol–water partition coefficient (Wildman–Crippen LogP) is 1.39. The number of amides is 1. The van der Waals surface area contributed by atoms with Crippen molar-refractivity contribution in [3.8, 4) is 0 Å². The predicted molar refractivity (Wildman–Crippen MR) is 106 cm³/mol. The van der Waals surface area contributed by atoms with Crippen LogP contribution in [0.3, 0.4) is 0 Å². The molecule has 4 fully saturated rings. The lowest BCUT2D eigenvalue weighted by molar-refractivity contribution is -0.135. The van der Waals surface area contributed by atoms with E-state index in [0.29, 0.717) is 30.3 Å². The van der Waals surface area contributed by atoms with Gasteiger partial charge in [-0.25, -0.2) is 10.4 Å². The zero-order chi connectivity index (χ0) is 19.1. The van der Waals surface area contributed by atoms with E-state index in [4.69, 9.17) is 0 Å². The molecule has 0 bridgehead atoms. The van der Waals surface area contributed by atoms with Crippen molar-refractivity contribution in [2.24, 2.45) is 11.8 Å². The van der Waals surface area contributed by atoms with Gasteiger partial charge in [0.1, 0.15) is 6.04 Å². The normalized spacial score (nSPS) is 31.0. The van der Waals surface area contributed by atoms with Crippen LogP contribution in [0.15, 0.2) is 17.2 Å². The molecule has 5 rings (SSSR count). The van der Waals surface area contributed by atoms with Crippen LogP contribution in [0, 0.1) is 11.8 Å². The fourth-order valence-corrected chi connectivity index (χ4v) is 5.28. The molecule has 2 saturated heterocycles. The Morgan fingerprint density at radius 1 is 1.07 bits per heavy atom. The third kappa shape index (κ3) is 3.62. The summed E-state index contributed by atoms with van der Waals surface area (Å²) in [5, 5.41) is 0. The Kier molecular flexibility index (Phi) is 4.97. The quantitative estimate of drug-likeness (QED) is 0.819. The maximum atomic E-state index is 13.0. The fourth-order valence-electron chi connectivity index (χ4n) is 5.28. The number of hydrogen-bond donors (Lipinski definition) is 2. The lowest BCUT2D eigenvalue weighted by atomic mass is 9.81. The third-order valence-corrected chi connectivity index (χ3v) is 7.22. The van der Waals surface area contributed by atoms with E-state index >= 15 is 0 Å². The van der Waals surface area contributed by atoms with Crippen LogP contribution in [-0.4, -0.2) is 45.5 Å². The number of nitrogens with zero attached hydrogens (tertiary/aromatic N) is 3. The molecule has 3 atom stereocenters. The lowest BCUT2D eigenvalue weighted by Gasteiger charge is -2.35. The summed E-state index contributed by atoms with van der Waals surface area (Å²) in [7, 11) is 0. The Bertz CT molecular complexity index is 781. The minimum Gasteiger partial charge on any atom is -0.341 e. The highest BCUT2D eigenvalue weighted by Gasteiger charge is 2.43. The molecule has 0 spiro atoms. The molecule has 1 aromatic heterocycles. The molecule has 4 aliphatic rings. The maximum Gasteiger partial charge on any atom is 0.253 e. The molecule has 7 heteroatoms. The number of hydrazine groups is 1. The number of hydrogen-bond acceptors (Lipinski definition) is 5. The molecular formula is C21H31N5O2. The number of carbonyl (C=O) groups is 1. The largest absolute Gasteiger partial charge is 0.341 e. The second-order valence-electron chi connectivity index (χ2n) is 9.17. The standard InChI is InChI=1S/C21H31N5O2/c27-19-11-18(15-5-6-15)22-13-26(19)12-14-7-9-25(10-8-14)21(28)20-16-3-1-2-4-17(16)23-24-20/h11,13-17,20,23-24H,1-10,12H2. The van der Waals surface area contributed by atoms with Crippen molar-refractivity contribution in [3.63, 3.8) is 0 Å². The van der Waals surface area contributed by atoms with Gasteiger partial charge in [-0.1, -0.05) is 12.8 Å². The summed E-state index contributed by atoms with van der Waals surface area (Å²) in [6, 6.07) is 2.11. The summed E-state index contributed by atoms with van der Waals surface area (Å²) < 4.78 is 1.75. The van der Waals surface area contributed by atoms with Gasteiger partial charge in [0.15, 0.2) is 0 Å². The average molecular weight is 386 g/mol. The first-order valence-corrected chi connectivity index (χ1v) is 11.1. The van der Waals surface area contributed by atoms with E-state index in [-0.39, 0.29) is 17.5 Å². The molecule has 1 aromatic rings. The molecular weight excluding hydrogens is 354 g/mol. The molecule has 2 saturated carbocycles. The first-order valence-electron chi connectivity index (χ1n) is 11.1. The van der Waals surface area contributed by atoms with Gasteiger partial charge in [0, 0.05) is 43.6 Å². The highest BCUT2D eigenvalue weighted by Crippen LogP contribution is 2.38. The summed E-state index contributed by atoms with van der Waals surface area (Å²) in [4.78, 5) is 31.9. The first kappa shape index (κ1) is 18.3. The number of fused-ring (bicyclic) bond motifs is 1. The van der Waals surface area contributed by atoms with E-state index in [1.54, 1.807) is 17.0 Å². The zero-order valence-corrected chi connectivity index (χ0v) is 16.5. The van der Waals surface area contributed by atoms with Gasteiger partial charge in [0.05, 0.1) is 12.0 Å². The molecule has 2 N–H and O–H groups in total. The van der Waals surface area contributed by atoms with Gasteiger partial charge in [0.25, 0.3) is 5.56 Å². The molecule has 1 amide bonds. The van der Waals surface area contributed by atoms with Crippen LogP contribution >= 0.6 is 0 Å². The fraction of sp³-hybridized carbons (Fsp3) is 0.762. The molecule has 152 valence electrons. The van der Waals surface area contributed by atoms with Crippen molar-refractivity contribution in [3.05, 3.63) is 28.4 Å². The van der Waals surface area contributed by atoms with E-state index in [1.165, 1.54) is 19.3 Å². The van der Waals surface area contributed by atoms with Gasteiger partial charge in [-0.15, -0.1) is 0 Å². The number of piperidine rings is 1. The molecule has 2 aliphatic carbocycles. The summed E-state index contributed by atoms with van der Waals surface area (Å²) in [5.74, 6) is 1.65. The maximum absolute atomic E-state index is 13.0. The Labute approximate surface area is 165 Å². The second-order valence-corrected chi connectivity index (χ2v) is 9.17. The average Bonchev–Trinajstić information content (AvgIpc) is 3.48. The van der Waals surface area contributed by atoms with Crippen LogP contribution in [0.2, 0.25) is 0 Å². The molecule has 3 unspecified atom stereocenters. The van der Waals surface area contributed by atoms with Crippen molar-refractivity contribution in [2.45, 2.75) is 75.9 Å². The summed E-state index contributed by atoms with van der Waals surface area (Å²) in [6.07, 6.45) is 10.8. The van der Waals surface area contributed by atoms with Crippen LogP contribution in [0.5, 0.6) is 0 Å². The van der Waals surface area contributed by atoms with E-state index < -0.39 is 0 Å². The number of carbonyl (C=O) groups excluding carboxylic acids is 1. The molecule has 0 radical (unpaired) electrons. The molecule has 7 nitrogen and oxygen atoms in total. The molecule has 3 heterocycles. The van der Waals surface area contributed by atoms with Gasteiger partial charge >= 0.3 is 0 Å². The van der Waals surface area contributed by atoms with Crippen molar-refractivity contribution in [2.75, 3.05) is 13.1 Å². The number of aromatic nitrogens is 2. The highest BCUT2D eigenvalue weighted by molar-refractivity contribution is 5.82. The summed E-state index contributed by atoms with van der Waals surface area (Å²) in [6.45, 7) is 2.30. The van der Waals surface area contributed by atoms with Crippen LogP contribution < -0.4 is 16.4 Å².